The Morgan fingerprint density at radius 2 is 1.88 bits per heavy atom. The second-order valence-electron chi connectivity index (χ2n) is 5.16. The summed E-state index contributed by atoms with van der Waals surface area (Å²) < 4.78 is 42.3. The van der Waals surface area contributed by atoms with E-state index in [4.69, 9.17) is 0 Å². The van der Waals surface area contributed by atoms with Crippen LogP contribution >= 0.6 is 15.9 Å². The highest BCUT2D eigenvalue weighted by molar-refractivity contribution is 9.10. The molecule has 0 fully saturated rings. The minimum atomic E-state index is -4.11. The Labute approximate surface area is 146 Å². The third-order valence-electron chi connectivity index (χ3n) is 3.57. The Kier molecular flexibility index (Phi) is 4.18. The summed E-state index contributed by atoms with van der Waals surface area (Å²) in [6, 6.07) is 10.8. The van der Waals surface area contributed by atoms with Crippen molar-refractivity contribution in [3.8, 4) is 0 Å². The van der Waals surface area contributed by atoms with Crippen LogP contribution in [0.25, 0.3) is 10.9 Å². The molecule has 0 bridgehead atoms. The monoisotopic (exact) mass is 410 g/mol. The first-order valence-corrected chi connectivity index (χ1v) is 9.14. The van der Waals surface area contributed by atoms with E-state index in [1.165, 1.54) is 24.4 Å². The van der Waals surface area contributed by atoms with Crippen LogP contribution in [0.2, 0.25) is 0 Å². The van der Waals surface area contributed by atoms with Crippen molar-refractivity contribution in [3.63, 3.8) is 0 Å². The number of carbonyl (C=O) groups is 1. The van der Waals surface area contributed by atoms with Crippen LogP contribution in [0.4, 0.5) is 4.39 Å². The van der Waals surface area contributed by atoms with Gasteiger partial charge in [-0.1, -0.05) is 24.3 Å². The molecule has 0 saturated carbocycles. The van der Waals surface area contributed by atoms with Gasteiger partial charge in [0.2, 0.25) is 0 Å². The minimum Gasteiger partial charge on any atom is -0.349 e. The van der Waals surface area contributed by atoms with Crippen molar-refractivity contribution >= 4 is 42.8 Å². The van der Waals surface area contributed by atoms with Crippen LogP contribution in [0.15, 0.2) is 58.0 Å². The lowest BCUT2D eigenvalue weighted by atomic mass is 10.2. The number of para-hydroxylation sites is 1. The van der Waals surface area contributed by atoms with Crippen LogP contribution in [0.3, 0.4) is 0 Å². The SMILES string of the molecule is Cn1cc(S(=O)(=O)NC(=O)c2cccc(F)c2Br)c2ccccc21. The molecule has 0 unspecified atom stereocenters. The number of aromatic nitrogens is 1. The fraction of sp³-hybridized carbons (Fsp3) is 0.0625. The van der Waals surface area contributed by atoms with E-state index in [1.807, 2.05) is 4.72 Å². The highest BCUT2D eigenvalue weighted by Gasteiger charge is 2.24. The predicted molar refractivity (Wildman–Crippen MR) is 91.7 cm³/mol. The number of nitrogens with zero attached hydrogens (tertiary/aromatic N) is 1. The minimum absolute atomic E-state index is 0.0125. The zero-order chi connectivity index (χ0) is 17.5. The first-order valence-electron chi connectivity index (χ1n) is 6.86. The number of rotatable bonds is 3. The molecule has 0 atom stereocenters. The number of halogens is 2. The number of amides is 1. The van der Waals surface area contributed by atoms with Gasteiger partial charge < -0.3 is 4.57 Å². The zero-order valence-electron chi connectivity index (χ0n) is 12.5. The molecule has 1 heterocycles. The highest BCUT2D eigenvalue weighted by atomic mass is 79.9. The van der Waals surface area contributed by atoms with E-state index in [0.29, 0.717) is 5.39 Å². The van der Waals surface area contributed by atoms with E-state index in [1.54, 1.807) is 35.9 Å². The van der Waals surface area contributed by atoms with Gasteiger partial charge in [-0.3, -0.25) is 4.79 Å². The van der Waals surface area contributed by atoms with E-state index in [-0.39, 0.29) is 14.9 Å². The molecule has 24 heavy (non-hydrogen) atoms. The lowest BCUT2D eigenvalue weighted by molar-refractivity contribution is 0.0980. The number of hydrogen-bond acceptors (Lipinski definition) is 3. The molecule has 1 aromatic heterocycles. The van der Waals surface area contributed by atoms with Gasteiger partial charge in [0.1, 0.15) is 10.7 Å². The number of aryl methyl sites for hydroxylation is 1. The Bertz CT molecular complexity index is 1060. The van der Waals surface area contributed by atoms with Crippen molar-refractivity contribution in [3.05, 3.63) is 64.5 Å². The Hall–Kier alpha value is -2.19. The summed E-state index contributed by atoms with van der Waals surface area (Å²) in [6.45, 7) is 0. The summed E-state index contributed by atoms with van der Waals surface area (Å²) >= 11 is 2.95. The van der Waals surface area contributed by atoms with Gasteiger partial charge in [-0.25, -0.2) is 17.5 Å². The van der Waals surface area contributed by atoms with Gasteiger partial charge >= 0.3 is 0 Å². The van der Waals surface area contributed by atoms with Crippen molar-refractivity contribution in [1.29, 1.82) is 0 Å². The maximum absolute atomic E-state index is 13.5. The fourth-order valence-electron chi connectivity index (χ4n) is 2.43. The van der Waals surface area contributed by atoms with E-state index < -0.39 is 21.7 Å². The molecular weight excluding hydrogens is 399 g/mol. The van der Waals surface area contributed by atoms with E-state index in [9.17, 15) is 17.6 Å². The van der Waals surface area contributed by atoms with E-state index in [0.717, 1.165) is 5.52 Å². The molecule has 0 aliphatic heterocycles. The van der Waals surface area contributed by atoms with Crippen molar-refractivity contribution in [1.82, 2.24) is 9.29 Å². The third-order valence-corrected chi connectivity index (χ3v) is 5.74. The lowest BCUT2D eigenvalue weighted by Gasteiger charge is -2.08. The second kappa shape index (κ2) is 6.03. The molecule has 3 aromatic rings. The number of fused-ring (bicyclic) bond motifs is 1. The average molecular weight is 411 g/mol. The highest BCUT2D eigenvalue weighted by Crippen LogP contribution is 2.25. The molecule has 0 aliphatic rings. The summed E-state index contributed by atoms with van der Waals surface area (Å²) in [5.74, 6) is -1.56. The maximum atomic E-state index is 13.5. The summed E-state index contributed by atoms with van der Waals surface area (Å²) in [4.78, 5) is 12.2. The van der Waals surface area contributed by atoms with Crippen LogP contribution in [0.1, 0.15) is 10.4 Å². The largest absolute Gasteiger partial charge is 0.349 e. The van der Waals surface area contributed by atoms with Gasteiger partial charge in [-0.2, -0.15) is 0 Å². The normalized spacial score (nSPS) is 11.6. The van der Waals surface area contributed by atoms with Crippen molar-refractivity contribution in [2.24, 2.45) is 7.05 Å². The van der Waals surface area contributed by atoms with Crippen LogP contribution < -0.4 is 4.72 Å². The standard InChI is InChI=1S/C16H12BrFN2O3S/c1-20-9-14(10-5-2-3-8-13(10)20)24(22,23)19-16(21)11-6-4-7-12(18)15(11)17/h2-9H,1H3,(H,19,21). The van der Waals surface area contributed by atoms with Gasteiger partial charge in [-0.05, 0) is 34.1 Å². The van der Waals surface area contributed by atoms with Crippen molar-refractivity contribution in [2.75, 3.05) is 0 Å². The molecule has 0 radical (unpaired) electrons. The topological polar surface area (TPSA) is 68.2 Å². The lowest BCUT2D eigenvalue weighted by Crippen LogP contribution is -2.30. The molecule has 0 spiro atoms. The molecule has 8 heteroatoms. The number of hydrogen-bond donors (Lipinski definition) is 1. The fourth-order valence-corrected chi connectivity index (χ4v) is 4.10. The van der Waals surface area contributed by atoms with Crippen LogP contribution in [-0.2, 0) is 17.1 Å². The van der Waals surface area contributed by atoms with Crippen LogP contribution in [0, 0.1) is 5.82 Å². The van der Waals surface area contributed by atoms with E-state index in [2.05, 4.69) is 15.9 Å². The molecule has 2 aromatic carbocycles. The van der Waals surface area contributed by atoms with Gasteiger partial charge in [0.05, 0.1) is 10.0 Å². The average Bonchev–Trinajstić information content (AvgIpc) is 2.88. The molecular formula is C16H12BrFN2O3S. The van der Waals surface area contributed by atoms with E-state index >= 15 is 0 Å². The summed E-state index contributed by atoms with van der Waals surface area (Å²) in [5, 5.41) is 0.499. The summed E-state index contributed by atoms with van der Waals surface area (Å²) in [6.07, 6.45) is 1.43. The number of nitrogens with one attached hydrogen (secondary N) is 1. The maximum Gasteiger partial charge on any atom is 0.266 e. The van der Waals surface area contributed by atoms with Crippen LogP contribution in [0.5, 0.6) is 0 Å². The van der Waals surface area contributed by atoms with Crippen molar-refractivity contribution < 1.29 is 17.6 Å². The molecule has 0 saturated heterocycles. The van der Waals surface area contributed by atoms with Gasteiger partial charge in [0.25, 0.3) is 15.9 Å². The molecule has 3 rings (SSSR count). The first-order chi connectivity index (χ1) is 11.3. The van der Waals surface area contributed by atoms with Crippen molar-refractivity contribution in [2.45, 2.75) is 4.90 Å². The summed E-state index contributed by atoms with van der Waals surface area (Å²) in [7, 11) is -2.39. The Morgan fingerprint density at radius 1 is 1.17 bits per heavy atom. The number of sulfonamides is 1. The molecule has 1 amide bonds. The molecule has 1 N–H and O–H groups in total. The van der Waals surface area contributed by atoms with Gasteiger partial charge in [0.15, 0.2) is 0 Å². The molecule has 0 aliphatic carbocycles. The smallest absolute Gasteiger partial charge is 0.266 e. The number of carbonyl (C=O) groups excluding carboxylic acids is 1. The second-order valence-corrected chi connectivity index (χ2v) is 7.60. The molecule has 5 nitrogen and oxygen atoms in total. The predicted octanol–water partition coefficient (Wildman–Crippen LogP) is 3.20. The van der Waals surface area contributed by atoms with Gasteiger partial charge in [-0.15, -0.1) is 0 Å². The first kappa shape index (κ1) is 16.7. The Balaban J connectivity index is 2.02. The third kappa shape index (κ3) is 2.83. The number of benzene rings is 2. The summed E-state index contributed by atoms with van der Waals surface area (Å²) in [5.41, 5.74) is 0.621. The Morgan fingerprint density at radius 3 is 2.62 bits per heavy atom. The molecule has 124 valence electrons. The van der Waals surface area contributed by atoms with Gasteiger partial charge in [0, 0.05) is 24.1 Å². The zero-order valence-corrected chi connectivity index (χ0v) is 14.9. The van der Waals surface area contributed by atoms with Crippen LogP contribution in [-0.4, -0.2) is 18.9 Å². The quantitative estimate of drug-likeness (QED) is 0.720.